The summed E-state index contributed by atoms with van der Waals surface area (Å²) in [5.41, 5.74) is 7.60. The average molecular weight is 550 g/mol. The van der Waals surface area contributed by atoms with Crippen molar-refractivity contribution < 1.29 is 49.2 Å². The first-order valence-electron chi connectivity index (χ1n) is 11.9. The first kappa shape index (κ1) is 30.7. The molecule has 1 heterocycles. The number of aliphatic hydroxyl groups is 1. The molecule has 15 heteroatoms. The fourth-order valence-electron chi connectivity index (χ4n) is 3.74. The number of fused-ring (bicyclic) bond motifs is 1. The lowest BCUT2D eigenvalue weighted by Gasteiger charge is -2.26. The van der Waals surface area contributed by atoms with E-state index in [1.54, 1.807) is 6.20 Å². The number of aromatic amines is 1. The lowest BCUT2D eigenvalue weighted by molar-refractivity contribution is -0.147. The van der Waals surface area contributed by atoms with Crippen molar-refractivity contribution in [1.29, 1.82) is 0 Å². The van der Waals surface area contributed by atoms with E-state index in [0.29, 0.717) is 0 Å². The second-order valence-corrected chi connectivity index (χ2v) is 8.89. The number of aliphatic hydroxyl groups excluding tert-OH is 1. The number of nitrogens with two attached hydrogens (primary N) is 1. The molecule has 3 amide bonds. The minimum Gasteiger partial charge on any atom is -0.481 e. The maximum absolute atomic E-state index is 12.9. The van der Waals surface area contributed by atoms with E-state index < -0.39 is 85.2 Å². The molecule has 5 unspecified atom stereocenters. The van der Waals surface area contributed by atoms with Crippen LogP contribution in [0.15, 0.2) is 30.5 Å². The normalized spacial score (nSPS) is 14.8. The second kappa shape index (κ2) is 13.9. The Hall–Kier alpha value is -4.50. The van der Waals surface area contributed by atoms with E-state index in [-0.39, 0.29) is 6.42 Å². The maximum atomic E-state index is 12.9. The number of nitrogens with one attached hydrogen (secondary N) is 4. The Kier molecular flexibility index (Phi) is 10.9. The molecule has 0 aliphatic carbocycles. The van der Waals surface area contributed by atoms with Crippen LogP contribution in [0, 0.1) is 0 Å². The molecule has 2 rings (SSSR count). The van der Waals surface area contributed by atoms with Crippen LogP contribution in [0.25, 0.3) is 10.9 Å². The third kappa shape index (κ3) is 9.08. The molecule has 1 aromatic heterocycles. The predicted octanol–water partition coefficient (Wildman–Crippen LogP) is -1.70. The third-order valence-electron chi connectivity index (χ3n) is 5.79. The summed E-state index contributed by atoms with van der Waals surface area (Å²) in [5.74, 6) is -7.54. The number of hydrogen-bond donors (Lipinski definition) is 9. The van der Waals surface area contributed by atoms with Crippen molar-refractivity contribution in [2.75, 3.05) is 0 Å². The van der Waals surface area contributed by atoms with Crippen molar-refractivity contribution in [3.63, 3.8) is 0 Å². The van der Waals surface area contributed by atoms with Crippen molar-refractivity contribution in [3.05, 3.63) is 36.0 Å². The van der Waals surface area contributed by atoms with Gasteiger partial charge in [0.25, 0.3) is 0 Å². The van der Waals surface area contributed by atoms with Gasteiger partial charge >= 0.3 is 17.9 Å². The summed E-state index contributed by atoms with van der Waals surface area (Å²) in [7, 11) is 0. The summed E-state index contributed by atoms with van der Waals surface area (Å²) in [6, 6.07) is 1.12. The van der Waals surface area contributed by atoms with Crippen LogP contribution in [0.4, 0.5) is 0 Å². The molecule has 39 heavy (non-hydrogen) atoms. The highest BCUT2D eigenvalue weighted by molar-refractivity contribution is 5.95. The molecule has 0 bridgehead atoms. The van der Waals surface area contributed by atoms with Crippen molar-refractivity contribution in [3.8, 4) is 0 Å². The van der Waals surface area contributed by atoms with Crippen LogP contribution in [0.1, 0.15) is 31.7 Å². The SMILES string of the molecule is CC(O)C(NC(=O)C(N)Cc1c[nH]c2ccccc12)C(=O)NC(CCC(=O)O)C(=O)NC(CC(=O)O)C(=O)O. The Morgan fingerprint density at radius 2 is 1.54 bits per heavy atom. The second-order valence-electron chi connectivity index (χ2n) is 8.89. The number of carboxylic acid groups (broad SMARTS) is 3. The summed E-state index contributed by atoms with van der Waals surface area (Å²) in [4.78, 5) is 74.6. The largest absolute Gasteiger partial charge is 0.481 e. The fourth-order valence-corrected chi connectivity index (χ4v) is 3.74. The number of aromatic nitrogens is 1. The van der Waals surface area contributed by atoms with Gasteiger partial charge in [0, 0.05) is 23.5 Å². The molecule has 212 valence electrons. The number of carbonyl (C=O) groups excluding carboxylic acids is 3. The fraction of sp³-hybridized carbons (Fsp3) is 0.417. The molecule has 0 aliphatic heterocycles. The number of carboxylic acids is 3. The zero-order valence-electron chi connectivity index (χ0n) is 20.9. The first-order chi connectivity index (χ1) is 18.3. The number of H-pyrrole nitrogens is 1. The third-order valence-corrected chi connectivity index (χ3v) is 5.79. The molecule has 0 fully saturated rings. The van der Waals surface area contributed by atoms with Crippen LogP contribution in [0.5, 0.6) is 0 Å². The minimum absolute atomic E-state index is 0.0911. The van der Waals surface area contributed by atoms with Crippen LogP contribution in [-0.2, 0) is 35.2 Å². The Balaban J connectivity index is 2.12. The molecule has 0 radical (unpaired) electrons. The lowest BCUT2D eigenvalue weighted by Crippen LogP contribution is -2.60. The highest BCUT2D eigenvalue weighted by Crippen LogP contribution is 2.18. The van der Waals surface area contributed by atoms with Gasteiger partial charge in [0.05, 0.1) is 18.6 Å². The van der Waals surface area contributed by atoms with E-state index in [0.717, 1.165) is 16.5 Å². The van der Waals surface area contributed by atoms with Gasteiger partial charge in [-0.1, -0.05) is 18.2 Å². The van der Waals surface area contributed by atoms with Crippen molar-refractivity contribution in [2.24, 2.45) is 5.73 Å². The number of aliphatic carboxylic acids is 3. The Morgan fingerprint density at radius 3 is 2.13 bits per heavy atom. The zero-order chi connectivity index (χ0) is 29.3. The van der Waals surface area contributed by atoms with E-state index in [9.17, 15) is 33.9 Å². The van der Waals surface area contributed by atoms with Crippen molar-refractivity contribution in [2.45, 2.75) is 62.9 Å². The van der Waals surface area contributed by atoms with Gasteiger partial charge in [0.1, 0.15) is 18.1 Å². The topological polar surface area (TPSA) is 261 Å². The maximum Gasteiger partial charge on any atom is 0.326 e. The number of rotatable bonds is 15. The molecular formula is C24H31N5O10. The smallest absolute Gasteiger partial charge is 0.326 e. The van der Waals surface area contributed by atoms with Crippen LogP contribution < -0.4 is 21.7 Å². The van der Waals surface area contributed by atoms with Gasteiger partial charge < -0.3 is 47.1 Å². The molecule has 1 aromatic carbocycles. The van der Waals surface area contributed by atoms with Gasteiger partial charge in [-0.2, -0.15) is 0 Å². The van der Waals surface area contributed by atoms with Crippen LogP contribution in [0.2, 0.25) is 0 Å². The number of carbonyl (C=O) groups is 6. The van der Waals surface area contributed by atoms with Gasteiger partial charge in [-0.05, 0) is 31.4 Å². The highest BCUT2D eigenvalue weighted by Gasteiger charge is 2.33. The summed E-state index contributed by atoms with van der Waals surface area (Å²) in [6.07, 6.45) is -1.77. The van der Waals surface area contributed by atoms with E-state index in [4.69, 9.17) is 21.1 Å². The Bertz CT molecular complexity index is 1230. The van der Waals surface area contributed by atoms with E-state index in [2.05, 4.69) is 15.6 Å². The summed E-state index contributed by atoms with van der Waals surface area (Å²) in [6.45, 7) is 1.19. The number of para-hydroxylation sites is 1. The molecule has 0 spiro atoms. The molecule has 0 aliphatic rings. The van der Waals surface area contributed by atoms with Crippen LogP contribution >= 0.6 is 0 Å². The minimum atomic E-state index is -1.85. The monoisotopic (exact) mass is 549 g/mol. The van der Waals surface area contributed by atoms with Gasteiger partial charge in [-0.3, -0.25) is 24.0 Å². The molecule has 10 N–H and O–H groups in total. The molecule has 2 aromatic rings. The Labute approximate surface area is 221 Å². The van der Waals surface area contributed by atoms with E-state index >= 15 is 0 Å². The molecule has 0 saturated carbocycles. The summed E-state index contributed by atoms with van der Waals surface area (Å²) < 4.78 is 0. The van der Waals surface area contributed by atoms with Crippen LogP contribution in [0.3, 0.4) is 0 Å². The van der Waals surface area contributed by atoms with Gasteiger partial charge in [0.2, 0.25) is 17.7 Å². The summed E-state index contributed by atoms with van der Waals surface area (Å²) >= 11 is 0. The number of benzene rings is 1. The van der Waals surface area contributed by atoms with Gasteiger partial charge in [-0.15, -0.1) is 0 Å². The quantitative estimate of drug-likeness (QED) is 0.121. The summed E-state index contributed by atoms with van der Waals surface area (Å²) in [5, 5.41) is 44.4. The average Bonchev–Trinajstić information content (AvgIpc) is 3.26. The predicted molar refractivity (Wildman–Crippen MR) is 134 cm³/mol. The standard InChI is InChI=1S/C24H31N5O10/c1-11(30)20(29-21(35)14(25)8-12-10-26-15-5-3-2-4-13(12)15)23(37)27-16(6-7-18(31)32)22(36)28-17(24(38)39)9-19(33)34/h2-5,10-11,14,16-17,20,26,30H,6-9,25H2,1H3,(H,27,37)(H,28,36)(H,29,35)(H,31,32)(H,33,34)(H,38,39). The first-order valence-corrected chi connectivity index (χ1v) is 11.9. The van der Waals surface area contributed by atoms with E-state index in [1.165, 1.54) is 6.92 Å². The molecule has 15 nitrogen and oxygen atoms in total. The molecule has 5 atom stereocenters. The number of amides is 3. The van der Waals surface area contributed by atoms with Crippen LogP contribution in [-0.4, -0.2) is 91.3 Å². The zero-order valence-corrected chi connectivity index (χ0v) is 20.9. The van der Waals surface area contributed by atoms with E-state index in [1.807, 2.05) is 29.6 Å². The van der Waals surface area contributed by atoms with Gasteiger partial charge in [0.15, 0.2) is 0 Å². The van der Waals surface area contributed by atoms with Crippen molar-refractivity contribution in [1.82, 2.24) is 20.9 Å². The Morgan fingerprint density at radius 1 is 0.897 bits per heavy atom. The molecule has 0 saturated heterocycles. The number of hydrogen-bond acceptors (Lipinski definition) is 8. The van der Waals surface area contributed by atoms with Crippen molar-refractivity contribution >= 4 is 46.5 Å². The molecular weight excluding hydrogens is 518 g/mol. The lowest BCUT2D eigenvalue weighted by atomic mass is 10.0. The van der Waals surface area contributed by atoms with Gasteiger partial charge in [-0.25, -0.2) is 4.79 Å². The highest BCUT2D eigenvalue weighted by atomic mass is 16.4.